The largest absolute Gasteiger partial charge is 0.267 e. The number of rotatable bonds is 5. The van der Waals surface area contributed by atoms with Crippen LogP contribution in [-0.4, -0.2) is 8.42 Å². The Hall–Kier alpha value is -2.44. The van der Waals surface area contributed by atoms with Gasteiger partial charge in [-0.1, -0.05) is 35.9 Å². The smallest absolute Gasteiger partial charge is 0.262 e. The third kappa shape index (κ3) is 3.86. The molecule has 0 unspecified atom stereocenters. The molecular weight excluding hydrogens is 380 g/mol. The van der Waals surface area contributed by atoms with Crippen molar-refractivity contribution < 1.29 is 17.2 Å². The zero-order valence-electron chi connectivity index (χ0n) is 13.4. The summed E-state index contributed by atoms with van der Waals surface area (Å²) >= 11 is 5.88. The fourth-order valence-electron chi connectivity index (χ4n) is 2.50. The molecule has 3 rings (SSSR count). The van der Waals surface area contributed by atoms with Gasteiger partial charge in [-0.3, -0.25) is 4.31 Å². The van der Waals surface area contributed by atoms with Crippen molar-refractivity contribution in [3.8, 4) is 0 Å². The van der Waals surface area contributed by atoms with E-state index in [0.29, 0.717) is 16.3 Å². The summed E-state index contributed by atoms with van der Waals surface area (Å²) in [5, 5.41) is 0.433. The van der Waals surface area contributed by atoms with Crippen LogP contribution in [0.5, 0.6) is 0 Å². The molecule has 0 aromatic heterocycles. The van der Waals surface area contributed by atoms with Gasteiger partial charge in [0.05, 0.1) is 12.2 Å². The average molecular weight is 394 g/mol. The summed E-state index contributed by atoms with van der Waals surface area (Å²) in [6.45, 7) is -0.157. The highest BCUT2D eigenvalue weighted by Crippen LogP contribution is 2.28. The lowest BCUT2D eigenvalue weighted by molar-refractivity contribution is 0.563. The summed E-state index contributed by atoms with van der Waals surface area (Å²) in [6, 6.07) is 16.8. The maximum absolute atomic E-state index is 14.1. The van der Waals surface area contributed by atoms with Crippen LogP contribution in [0.1, 0.15) is 5.56 Å². The Labute approximate surface area is 155 Å². The van der Waals surface area contributed by atoms with E-state index in [1.165, 1.54) is 60.7 Å². The van der Waals surface area contributed by atoms with E-state index in [4.69, 9.17) is 11.6 Å². The molecule has 0 saturated carbocycles. The maximum atomic E-state index is 14.1. The Bertz CT molecular complexity index is 1020. The fourth-order valence-corrected chi connectivity index (χ4v) is 4.14. The summed E-state index contributed by atoms with van der Waals surface area (Å²) in [6.07, 6.45) is 0. The minimum atomic E-state index is -4.22. The Morgan fingerprint density at radius 3 is 2.23 bits per heavy atom. The molecule has 3 aromatic rings. The van der Waals surface area contributed by atoms with Crippen LogP contribution < -0.4 is 4.31 Å². The lowest BCUT2D eigenvalue weighted by Crippen LogP contribution is -2.31. The Morgan fingerprint density at radius 1 is 0.885 bits per heavy atom. The maximum Gasteiger partial charge on any atom is 0.267 e. The van der Waals surface area contributed by atoms with Crippen LogP contribution >= 0.6 is 11.6 Å². The highest BCUT2D eigenvalue weighted by Gasteiger charge is 2.28. The van der Waals surface area contributed by atoms with Crippen LogP contribution in [0, 0.1) is 11.6 Å². The van der Waals surface area contributed by atoms with Crippen LogP contribution in [0.2, 0.25) is 5.02 Å². The first-order valence-corrected chi connectivity index (χ1v) is 9.47. The van der Waals surface area contributed by atoms with Gasteiger partial charge in [0.25, 0.3) is 10.0 Å². The minimum absolute atomic E-state index is 0.157. The predicted octanol–water partition coefficient (Wildman–Crippen LogP) is 5.01. The molecule has 3 aromatic carbocycles. The third-order valence-corrected chi connectivity index (χ3v) is 5.79. The molecule has 0 aliphatic heterocycles. The Morgan fingerprint density at radius 2 is 1.58 bits per heavy atom. The van der Waals surface area contributed by atoms with Crippen LogP contribution in [-0.2, 0) is 16.6 Å². The molecule has 7 heteroatoms. The summed E-state index contributed by atoms with van der Waals surface area (Å²) in [5.74, 6) is -1.34. The SMILES string of the molecule is O=S(=O)(c1ccccc1F)N(Cc1cccc(F)c1)c1ccc(Cl)cc1. The highest BCUT2D eigenvalue weighted by atomic mass is 35.5. The number of nitrogens with zero attached hydrogens (tertiary/aromatic N) is 1. The van der Waals surface area contributed by atoms with Gasteiger partial charge in [0.15, 0.2) is 0 Å². The van der Waals surface area contributed by atoms with Gasteiger partial charge < -0.3 is 0 Å². The Kier molecular flexibility index (Phi) is 5.25. The molecule has 0 aliphatic rings. The second kappa shape index (κ2) is 7.43. The first kappa shape index (κ1) is 18.4. The molecule has 0 amide bonds. The van der Waals surface area contributed by atoms with Crippen molar-refractivity contribution in [1.29, 1.82) is 0 Å². The molecule has 134 valence electrons. The topological polar surface area (TPSA) is 37.4 Å². The summed E-state index contributed by atoms with van der Waals surface area (Å²) in [7, 11) is -4.22. The van der Waals surface area contributed by atoms with E-state index in [0.717, 1.165) is 10.4 Å². The van der Waals surface area contributed by atoms with Crippen LogP contribution in [0.3, 0.4) is 0 Å². The van der Waals surface area contributed by atoms with Crippen molar-refractivity contribution in [2.45, 2.75) is 11.4 Å². The molecule has 0 saturated heterocycles. The lowest BCUT2D eigenvalue weighted by Gasteiger charge is -2.25. The summed E-state index contributed by atoms with van der Waals surface area (Å²) in [5.41, 5.74) is 0.724. The molecule has 0 fully saturated rings. The van der Waals surface area contributed by atoms with E-state index in [-0.39, 0.29) is 6.54 Å². The van der Waals surface area contributed by atoms with Gasteiger partial charge in [-0.25, -0.2) is 17.2 Å². The van der Waals surface area contributed by atoms with Crippen molar-refractivity contribution in [3.05, 3.63) is 95.0 Å². The van der Waals surface area contributed by atoms with Gasteiger partial charge >= 0.3 is 0 Å². The second-order valence-electron chi connectivity index (χ2n) is 5.55. The molecule has 0 radical (unpaired) electrons. The summed E-state index contributed by atoms with van der Waals surface area (Å²) in [4.78, 5) is -0.452. The minimum Gasteiger partial charge on any atom is -0.262 e. The van der Waals surface area contributed by atoms with Crippen molar-refractivity contribution in [1.82, 2.24) is 0 Å². The second-order valence-corrected chi connectivity index (χ2v) is 7.82. The van der Waals surface area contributed by atoms with Gasteiger partial charge in [0, 0.05) is 5.02 Å². The predicted molar refractivity (Wildman–Crippen MR) is 97.6 cm³/mol. The van der Waals surface area contributed by atoms with Crippen molar-refractivity contribution in [2.24, 2.45) is 0 Å². The normalized spacial score (nSPS) is 11.3. The lowest BCUT2D eigenvalue weighted by atomic mass is 10.2. The number of halogens is 3. The van der Waals surface area contributed by atoms with Gasteiger partial charge in [0.2, 0.25) is 0 Å². The monoisotopic (exact) mass is 393 g/mol. The molecule has 26 heavy (non-hydrogen) atoms. The number of sulfonamides is 1. The standard InChI is InChI=1S/C19H14ClF2NO2S/c20-15-8-10-17(11-9-15)23(13-14-4-3-5-16(21)12-14)26(24,25)19-7-2-1-6-18(19)22/h1-12H,13H2. The van der Waals surface area contributed by atoms with E-state index in [1.807, 2.05) is 0 Å². The van der Waals surface area contributed by atoms with Crippen molar-refractivity contribution in [3.63, 3.8) is 0 Å². The van der Waals surface area contributed by atoms with Crippen molar-refractivity contribution >= 4 is 27.3 Å². The molecular formula is C19H14ClF2NO2S. The quantitative estimate of drug-likeness (QED) is 0.610. The average Bonchev–Trinajstić information content (AvgIpc) is 2.61. The van der Waals surface area contributed by atoms with E-state index in [9.17, 15) is 17.2 Å². The molecule has 0 atom stereocenters. The third-order valence-electron chi connectivity index (χ3n) is 3.73. The van der Waals surface area contributed by atoms with Crippen LogP contribution in [0.15, 0.2) is 77.7 Å². The molecule has 0 bridgehead atoms. The fraction of sp³-hybridized carbons (Fsp3) is 0.0526. The van der Waals surface area contributed by atoms with E-state index >= 15 is 0 Å². The molecule has 0 spiro atoms. The van der Waals surface area contributed by atoms with E-state index < -0.39 is 26.6 Å². The van der Waals surface area contributed by atoms with E-state index in [2.05, 4.69) is 0 Å². The summed E-state index contributed by atoms with van der Waals surface area (Å²) < 4.78 is 54.9. The zero-order valence-corrected chi connectivity index (χ0v) is 15.0. The number of hydrogen-bond acceptors (Lipinski definition) is 2. The number of hydrogen-bond donors (Lipinski definition) is 0. The number of anilines is 1. The van der Waals surface area contributed by atoms with Crippen LogP contribution in [0.25, 0.3) is 0 Å². The van der Waals surface area contributed by atoms with Gasteiger partial charge in [-0.2, -0.15) is 0 Å². The van der Waals surface area contributed by atoms with Crippen molar-refractivity contribution in [2.75, 3.05) is 4.31 Å². The van der Waals surface area contributed by atoms with Gasteiger partial charge in [0.1, 0.15) is 16.5 Å². The molecule has 0 aliphatic carbocycles. The van der Waals surface area contributed by atoms with E-state index in [1.54, 1.807) is 6.07 Å². The molecule has 0 N–H and O–H groups in total. The van der Waals surface area contributed by atoms with Crippen LogP contribution in [0.4, 0.5) is 14.5 Å². The first-order valence-electron chi connectivity index (χ1n) is 7.65. The van der Waals surface area contributed by atoms with Gasteiger partial charge in [-0.05, 0) is 54.1 Å². The molecule has 0 heterocycles. The highest BCUT2D eigenvalue weighted by molar-refractivity contribution is 7.92. The molecule has 3 nitrogen and oxygen atoms in total. The first-order chi connectivity index (χ1) is 12.4. The Balaban J connectivity index is 2.11. The number of benzene rings is 3. The van der Waals surface area contributed by atoms with Gasteiger partial charge in [-0.15, -0.1) is 0 Å². The zero-order chi connectivity index (χ0) is 18.7.